The molecule has 0 aliphatic carbocycles. The van der Waals surface area contributed by atoms with Crippen LogP contribution < -0.4 is 11.1 Å². The van der Waals surface area contributed by atoms with Crippen molar-refractivity contribution >= 4 is 52.1 Å². The lowest BCUT2D eigenvalue weighted by Crippen LogP contribution is -2.12. The Kier molecular flexibility index (Phi) is 4.38. The maximum absolute atomic E-state index is 13.3. The quantitative estimate of drug-likeness (QED) is 0.622. The average molecular weight is 334 g/mol. The zero-order chi connectivity index (χ0) is 14.9. The number of hydrogen-bond acceptors (Lipinski definition) is 2. The Morgan fingerprint density at radius 2 is 1.70 bits per heavy atom. The molecule has 0 spiro atoms. The highest BCUT2D eigenvalue weighted by atomic mass is 35.5. The molecule has 104 valence electrons. The van der Waals surface area contributed by atoms with E-state index >= 15 is 0 Å². The molecule has 0 aliphatic rings. The van der Waals surface area contributed by atoms with Gasteiger partial charge in [0.1, 0.15) is 5.82 Å². The van der Waals surface area contributed by atoms with Crippen molar-refractivity contribution < 1.29 is 9.18 Å². The Bertz CT molecular complexity index is 692. The average Bonchev–Trinajstić information content (AvgIpc) is 2.39. The number of halogens is 4. The molecule has 2 aromatic carbocycles. The summed E-state index contributed by atoms with van der Waals surface area (Å²) in [7, 11) is 0. The van der Waals surface area contributed by atoms with Crippen molar-refractivity contribution in [3.63, 3.8) is 0 Å². The van der Waals surface area contributed by atoms with Crippen LogP contribution >= 0.6 is 34.8 Å². The minimum absolute atomic E-state index is 0.0332. The Morgan fingerprint density at radius 3 is 2.35 bits per heavy atom. The smallest absolute Gasteiger partial charge is 0.255 e. The summed E-state index contributed by atoms with van der Waals surface area (Å²) < 4.78 is 13.3. The van der Waals surface area contributed by atoms with Crippen molar-refractivity contribution in [2.45, 2.75) is 0 Å². The molecule has 0 radical (unpaired) electrons. The summed E-state index contributed by atoms with van der Waals surface area (Å²) in [5, 5.41) is 3.26. The molecular weight excluding hydrogens is 326 g/mol. The van der Waals surface area contributed by atoms with Crippen molar-refractivity contribution in [1.82, 2.24) is 0 Å². The number of carbonyl (C=O) groups excluding carboxylic acids is 1. The molecule has 0 atom stereocenters. The first-order valence-corrected chi connectivity index (χ1v) is 6.53. The molecule has 0 heterocycles. The first-order valence-electron chi connectivity index (χ1n) is 5.39. The Balaban J connectivity index is 2.27. The summed E-state index contributed by atoms with van der Waals surface area (Å²) >= 11 is 17.6. The second-order valence-electron chi connectivity index (χ2n) is 3.94. The summed E-state index contributed by atoms with van der Waals surface area (Å²) in [6.07, 6.45) is 0. The molecule has 0 aliphatic heterocycles. The lowest BCUT2D eigenvalue weighted by Gasteiger charge is -2.09. The summed E-state index contributed by atoms with van der Waals surface area (Å²) in [4.78, 5) is 12.0. The van der Waals surface area contributed by atoms with Crippen LogP contribution in [0.15, 0.2) is 30.3 Å². The van der Waals surface area contributed by atoms with Crippen LogP contribution in [0.25, 0.3) is 0 Å². The van der Waals surface area contributed by atoms with Crippen LogP contribution in [0.4, 0.5) is 15.8 Å². The minimum atomic E-state index is -0.669. The van der Waals surface area contributed by atoms with E-state index in [1.807, 2.05) is 0 Å². The number of hydrogen-bond donors (Lipinski definition) is 2. The molecule has 3 N–H and O–H groups in total. The van der Waals surface area contributed by atoms with Crippen molar-refractivity contribution in [3.05, 3.63) is 56.8 Å². The normalized spacial score (nSPS) is 10.4. The van der Waals surface area contributed by atoms with Crippen molar-refractivity contribution in [1.29, 1.82) is 0 Å². The summed E-state index contributed by atoms with van der Waals surface area (Å²) in [5.74, 6) is -1.21. The summed E-state index contributed by atoms with van der Waals surface area (Å²) in [5.41, 5.74) is 5.70. The van der Waals surface area contributed by atoms with Crippen LogP contribution in [0, 0.1) is 5.82 Å². The molecule has 2 rings (SSSR count). The van der Waals surface area contributed by atoms with Gasteiger partial charge >= 0.3 is 0 Å². The van der Waals surface area contributed by atoms with E-state index in [0.717, 1.165) is 6.07 Å². The number of nitrogen functional groups attached to an aromatic ring is 1. The highest BCUT2D eigenvalue weighted by Crippen LogP contribution is 2.32. The topological polar surface area (TPSA) is 55.1 Å². The Hall–Kier alpha value is -1.49. The molecule has 0 fully saturated rings. The fourth-order valence-corrected chi connectivity index (χ4v) is 2.08. The van der Waals surface area contributed by atoms with Gasteiger partial charge in [0, 0.05) is 5.56 Å². The predicted octanol–water partition coefficient (Wildman–Crippen LogP) is 4.62. The third kappa shape index (κ3) is 3.15. The van der Waals surface area contributed by atoms with Gasteiger partial charge in [-0.2, -0.15) is 0 Å². The molecule has 2 aromatic rings. The highest BCUT2D eigenvalue weighted by molar-refractivity contribution is 6.44. The highest BCUT2D eigenvalue weighted by Gasteiger charge is 2.12. The number of anilines is 2. The van der Waals surface area contributed by atoms with Crippen LogP contribution in [0.2, 0.25) is 15.1 Å². The van der Waals surface area contributed by atoms with E-state index in [1.165, 1.54) is 24.3 Å². The van der Waals surface area contributed by atoms with Gasteiger partial charge in [0.15, 0.2) is 0 Å². The molecule has 1 amide bonds. The second-order valence-corrected chi connectivity index (χ2v) is 5.16. The van der Waals surface area contributed by atoms with Crippen LogP contribution in [0.3, 0.4) is 0 Å². The van der Waals surface area contributed by atoms with E-state index in [2.05, 4.69) is 5.32 Å². The van der Waals surface area contributed by atoms with Gasteiger partial charge in [-0.15, -0.1) is 0 Å². The van der Waals surface area contributed by atoms with Gasteiger partial charge in [-0.05, 0) is 30.3 Å². The molecule has 0 saturated heterocycles. The van der Waals surface area contributed by atoms with Gasteiger partial charge in [-0.1, -0.05) is 34.8 Å². The third-order valence-electron chi connectivity index (χ3n) is 2.52. The fraction of sp³-hybridized carbons (Fsp3) is 0. The zero-order valence-corrected chi connectivity index (χ0v) is 12.2. The monoisotopic (exact) mass is 332 g/mol. The number of benzene rings is 2. The molecule has 0 unspecified atom stereocenters. The van der Waals surface area contributed by atoms with Crippen LogP contribution in [-0.2, 0) is 0 Å². The maximum Gasteiger partial charge on any atom is 0.255 e. The Labute approximate surface area is 129 Å². The lowest BCUT2D eigenvalue weighted by molar-refractivity contribution is 0.102. The first kappa shape index (κ1) is 14.9. The van der Waals surface area contributed by atoms with Crippen molar-refractivity contribution in [3.8, 4) is 0 Å². The third-order valence-corrected chi connectivity index (χ3v) is 3.56. The van der Waals surface area contributed by atoms with Gasteiger partial charge < -0.3 is 11.1 Å². The molecule has 0 saturated carbocycles. The van der Waals surface area contributed by atoms with E-state index in [-0.39, 0.29) is 32.0 Å². The maximum atomic E-state index is 13.3. The van der Waals surface area contributed by atoms with E-state index in [9.17, 15) is 9.18 Å². The lowest BCUT2D eigenvalue weighted by atomic mass is 10.2. The number of rotatable bonds is 2. The first-order chi connectivity index (χ1) is 9.38. The molecule has 0 aromatic heterocycles. The van der Waals surface area contributed by atoms with Crippen LogP contribution in [0.5, 0.6) is 0 Å². The van der Waals surface area contributed by atoms with Crippen LogP contribution in [0.1, 0.15) is 10.4 Å². The molecular formula is C13H8Cl3FN2O. The number of nitrogens with two attached hydrogens (primary N) is 1. The van der Waals surface area contributed by atoms with Gasteiger partial charge in [0.2, 0.25) is 0 Å². The largest absolute Gasteiger partial charge is 0.396 e. The zero-order valence-electron chi connectivity index (χ0n) is 9.88. The molecule has 0 bridgehead atoms. The standard InChI is InChI=1S/C13H8Cl3FN2O/c14-7-4-9(16)12(5-8(7)15)19-13(20)6-1-2-11(18)10(17)3-6/h1-5H,18H2,(H,19,20). The SMILES string of the molecule is Nc1ccc(C(=O)Nc2cc(Cl)c(Cl)cc2Cl)cc1F. The van der Waals surface area contributed by atoms with E-state index in [0.29, 0.717) is 0 Å². The fourth-order valence-electron chi connectivity index (χ4n) is 1.48. The number of nitrogens with one attached hydrogen (secondary N) is 1. The van der Waals surface area contributed by atoms with Gasteiger partial charge in [0.05, 0.1) is 26.4 Å². The predicted molar refractivity (Wildman–Crippen MR) is 80.2 cm³/mol. The number of carbonyl (C=O) groups is 1. The molecule has 3 nitrogen and oxygen atoms in total. The van der Waals surface area contributed by atoms with Crippen molar-refractivity contribution in [2.24, 2.45) is 0 Å². The van der Waals surface area contributed by atoms with E-state index in [4.69, 9.17) is 40.5 Å². The summed E-state index contributed by atoms with van der Waals surface area (Å²) in [6, 6.07) is 6.57. The number of amides is 1. The van der Waals surface area contributed by atoms with Gasteiger partial charge in [-0.3, -0.25) is 4.79 Å². The van der Waals surface area contributed by atoms with Gasteiger partial charge in [-0.25, -0.2) is 4.39 Å². The van der Waals surface area contributed by atoms with Crippen LogP contribution in [-0.4, -0.2) is 5.91 Å². The van der Waals surface area contributed by atoms with Gasteiger partial charge in [0.25, 0.3) is 5.91 Å². The minimum Gasteiger partial charge on any atom is -0.396 e. The van der Waals surface area contributed by atoms with E-state index < -0.39 is 11.7 Å². The van der Waals surface area contributed by atoms with E-state index in [1.54, 1.807) is 0 Å². The Morgan fingerprint density at radius 1 is 1.05 bits per heavy atom. The molecule has 7 heteroatoms. The summed E-state index contributed by atoms with van der Waals surface area (Å²) in [6.45, 7) is 0. The van der Waals surface area contributed by atoms with Crippen molar-refractivity contribution in [2.75, 3.05) is 11.1 Å². The molecule has 20 heavy (non-hydrogen) atoms. The second kappa shape index (κ2) is 5.87.